The topological polar surface area (TPSA) is 77.6 Å². The van der Waals surface area contributed by atoms with Gasteiger partial charge in [0.25, 0.3) is 0 Å². The average molecular weight is 452 g/mol. The van der Waals surface area contributed by atoms with Gasteiger partial charge in [0.2, 0.25) is 11.8 Å². The number of halogens is 1. The number of nitrogens with one attached hydrogen (secondary N) is 2. The monoisotopic (exact) mass is 451 g/mol. The smallest absolute Gasteiger partial charge is 0.247 e. The normalized spacial score (nSPS) is 23.2. The molecule has 0 radical (unpaired) electrons. The van der Waals surface area contributed by atoms with E-state index in [0.29, 0.717) is 24.8 Å². The van der Waals surface area contributed by atoms with Crippen molar-refractivity contribution in [3.05, 3.63) is 77.6 Å². The van der Waals surface area contributed by atoms with Crippen LogP contribution in [-0.4, -0.2) is 40.8 Å². The lowest BCUT2D eigenvalue weighted by Crippen LogP contribution is -2.55. The number of benzene rings is 2. The first-order valence-corrected chi connectivity index (χ1v) is 11.3. The van der Waals surface area contributed by atoms with Crippen LogP contribution in [0.1, 0.15) is 5.56 Å². The summed E-state index contributed by atoms with van der Waals surface area (Å²) in [4.78, 5) is 32.8. The van der Waals surface area contributed by atoms with Crippen molar-refractivity contribution in [3.63, 3.8) is 0 Å². The van der Waals surface area contributed by atoms with Crippen LogP contribution in [-0.2, 0) is 16.1 Å². The molecule has 2 aliphatic heterocycles. The molecule has 0 bridgehead atoms. The maximum absolute atomic E-state index is 13.3. The van der Waals surface area contributed by atoms with Crippen LogP contribution in [0.5, 0.6) is 0 Å². The number of para-hydroxylation sites is 1. The lowest BCUT2D eigenvalue weighted by Gasteiger charge is -2.38. The zero-order valence-corrected chi connectivity index (χ0v) is 18.0. The van der Waals surface area contributed by atoms with Crippen LogP contribution in [0.4, 0.5) is 15.2 Å². The molecule has 2 saturated heterocycles. The molecule has 0 spiro atoms. The number of likely N-dealkylation sites (tertiary alicyclic amines) is 1. The van der Waals surface area contributed by atoms with Gasteiger partial charge in [-0.05, 0) is 29.8 Å². The lowest BCUT2D eigenvalue weighted by molar-refractivity contribution is -0.126. The number of anilines is 2. The summed E-state index contributed by atoms with van der Waals surface area (Å²) in [7, 11) is 0. The quantitative estimate of drug-likeness (QED) is 0.624. The highest BCUT2D eigenvalue weighted by Gasteiger charge is 2.50. The highest BCUT2D eigenvalue weighted by atomic mass is 32.1. The number of hydrazine groups is 1. The Morgan fingerprint density at radius 1 is 1.16 bits per heavy atom. The SMILES string of the molecule is O=C(Nc1nccs1)C1CN(Cc2ccc(F)cc2)CC2C(=O)N(c3ccccc3)NC12. The van der Waals surface area contributed by atoms with Gasteiger partial charge in [-0.3, -0.25) is 14.5 Å². The fraction of sp³-hybridized carbons (Fsp3) is 0.261. The maximum atomic E-state index is 13.3. The van der Waals surface area contributed by atoms with Gasteiger partial charge in [-0.15, -0.1) is 11.3 Å². The van der Waals surface area contributed by atoms with E-state index >= 15 is 0 Å². The number of piperidine rings is 1. The van der Waals surface area contributed by atoms with Gasteiger partial charge in [0.15, 0.2) is 5.13 Å². The van der Waals surface area contributed by atoms with Gasteiger partial charge in [-0.1, -0.05) is 30.3 Å². The van der Waals surface area contributed by atoms with Gasteiger partial charge in [0.05, 0.1) is 23.6 Å². The number of carbonyl (C=O) groups excluding carboxylic acids is 2. The third-order valence-electron chi connectivity index (χ3n) is 5.93. The number of aromatic nitrogens is 1. The molecule has 2 aromatic carbocycles. The minimum Gasteiger partial charge on any atom is -0.302 e. The second-order valence-corrected chi connectivity index (χ2v) is 8.92. The summed E-state index contributed by atoms with van der Waals surface area (Å²) in [5.41, 5.74) is 4.97. The van der Waals surface area contributed by atoms with Crippen LogP contribution in [0, 0.1) is 17.7 Å². The largest absolute Gasteiger partial charge is 0.302 e. The summed E-state index contributed by atoms with van der Waals surface area (Å²) in [5.74, 6) is -1.36. The first-order valence-electron chi connectivity index (χ1n) is 10.4. The molecule has 1 aromatic heterocycles. The van der Waals surface area contributed by atoms with Crippen molar-refractivity contribution in [2.75, 3.05) is 23.4 Å². The molecule has 32 heavy (non-hydrogen) atoms. The lowest BCUT2D eigenvalue weighted by atomic mass is 9.83. The zero-order valence-electron chi connectivity index (χ0n) is 17.1. The molecule has 5 rings (SSSR count). The highest BCUT2D eigenvalue weighted by Crippen LogP contribution is 2.33. The average Bonchev–Trinajstić information content (AvgIpc) is 3.43. The number of amides is 2. The van der Waals surface area contributed by atoms with Gasteiger partial charge in [0.1, 0.15) is 5.82 Å². The first-order chi connectivity index (χ1) is 15.6. The summed E-state index contributed by atoms with van der Waals surface area (Å²) in [6, 6.07) is 15.4. The van der Waals surface area contributed by atoms with Crippen LogP contribution in [0.2, 0.25) is 0 Å². The van der Waals surface area contributed by atoms with Crippen molar-refractivity contribution in [3.8, 4) is 0 Å². The van der Waals surface area contributed by atoms with E-state index in [9.17, 15) is 14.0 Å². The second kappa shape index (κ2) is 8.78. The van der Waals surface area contributed by atoms with Gasteiger partial charge in [-0.2, -0.15) is 0 Å². The van der Waals surface area contributed by atoms with E-state index in [1.165, 1.54) is 23.5 Å². The van der Waals surface area contributed by atoms with E-state index in [2.05, 4.69) is 20.6 Å². The summed E-state index contributed by atoms with van der Waals surface area (Å²) >= 11 is 1.35. The van der Waals surface area contributed by atoms with E-state index in [1.807, 2.05) is 30.3 Å². The van der Waals surface area contributed by atoms with Gasteiger partial charge < -0.3 is 5.32 Å². The molecule has 0 saturated carbocycles. The Hall–Kier alpha value is -3.14. The molecular formula is C23H22FN5O2S. The number of thiazole rings is 1. The molecule has 7 nitrogen and oxygen atoms in total. The van der Waals surface area contributed by atoms with E-state index in [0.717, 1.165) is 11.3 Å². The fourth-order valence-electron chi connectivity index (χ4n) is 4.41. The maximum Gasteiger partial charge on any atom is 0.247 e. The standard InChI is InChI=1S/C23H22FN5O2S/c24-16-8-6-15(7-9-16)12-28-13-18(21(30)26-23-25-10-11-32-23)20-19(14-28)22(31)29(27-20)17-4-2-1-3-5-17/h1-11,18-20,27H,12-14H2,(H,25,26,30). The van der Waals surface area contributed by atoms with Crippen LogP contribution < -0.4 is 15.8 Å². The molecule has 2 fully saturated rings. The predicted octanol–water partition coefficient (Wildman–Crippen LogP) is 2.89. The molecule has 3 unspecified atom stereocenters. The van der Waals surface area contributed by atoms with Crippen LogP contribution >= 0.6 is 11.3 Å². The van der Waals surface area contributed by atoms with Crippen molar-refractivity contribution in [1.29, 1.82) is 0 Å². The van der Waals surface area contributed by atoms with Crippen LogP contribution in [0.15, 0.2) is 66.2 Å². The summed E-state index contributed by atoms with van der Waals surface area (Å²) < 4.78 is 13.3. The molecular weight excluding hydrogens is 429 g/mol. The fourth-order valence-corrected chi connectivity index (χ4v) is 4.95. The van der Waals surface area contributed by atoms with E-state index in [1.54, 1.807) is 28.7 Å². The van der Waals surface area contributed by atoms with Crippen molar-refractivity contribution >= 4 is 34.0 Å². The Kier molecular flexibility index (Phi) is 5.69. The number of fused-ring (bicyclic) bond motifs is 1. The van der Waals surface area contributed by atoms with E-state index < -0.39 is 5.92 Å². The number of nitrogens with zero attached hydrogens (tertiary/aromatic N) is 3. The van der Waals surface area contributed by atoms with Gasteiger partial charge in [0, 0.05) is 31.2 Å². The molecule has 3 heterocycles. The van der Waals surface area contributed by atoms with Crippen LogP contribution in [0.3, 0.4) is 0 Å². The van der Waals surface area contributed by atoms with E-state index in [-0.39, 0.29) is 29.6 Å². The second-order valence-electron chi connectivity index (χ2n) is 8.02. The molecule has 9 heteroatoms. The third kappa shape index (κ3) is 4.14. The molecule has 2 aliphatic rings. The Morgan fingerprint density at radius 2 is 1.94 bits per heavy atom. The number of hydrogen-bond acceptors (Lipinski definition) is 6. The van der Waals surface area contributed by atoms with Gasteiger partial charge >= 0.3 is 0 Å². The summed E-state index contributed by atoms with van der Waals surface area (Å²) in [6.45, 7) is 1.51. The Morgan fingerprint density at radius 3 is 2.66 bits per heavy atom. The number of carbonyl (C=O) groups is 2. The minimum absolute atomic E-state index is 0.0583. The predicted molar refractivity (Wildman–Crippen MR) is 120 cm³/mol. The van der Waals surface area contributed by atoms with Crippen molar-refractivity contribution in [2.45, 2.75) is 12.6 Å². The van der Waals surface area contributed by atoms with Gasteiger partial charge in [-0.25, -0.2) is 19.8 Å². The van der Waals surface area contributed by atoms with Crippen molar-refractivity contribution in [1.82, 2.24) is 15.3 Å². The minimum atomic E-state index is -0.462. The number of rotatable bonds is 5. The highest BCUT2D eigenvalue weighted by molar-refractivity contribution is 7.13. The first kappa shape index (κ1) is 20.7. The van der Waals surface area contributed by atoms with Crippen molar-refractivity contribution < 1.29 is 14.0 Å². The van der Waals surface area contributed by atoms with Crippen LogP contribution in [0.25, 0.3) is 0 Å². The molecule has 3 aromatic rings. The Labute approximate surface area is 188 Å². The third-order valence-corrected chi connectivity index (χ3v) is 6.61. The Balaban J connectivity index is 1.41. The Bertz CT molecular complexity index is 1090. The molecule has 2 N–H and O–H groups in total. The van der Waals surface area contributed by atoms with Crippen molar-refractivity contribution in [2.24, 2.45) is 11.8 Å². The molecule has 164 valence electrons. The molecule has 3 atom stereocenters. The number of hydrogen-bond donors (Lipinski definition) is 2. The molecule has 0 aliphatic carbocycles. The summed E-state index contributed by atoms with van der Waals surface area (Å²) in [5, 5.41) is 6.78. The van der Waals surface area contributed by atoms with E-state index in [4.69, 9.17) is 0 Å². The summed E-state index contributed by atoms with van der Waals surface area (Å²) in [6.07, 6.45) is 1.64. The zero-order chi connectivity index (χ0) is 22.1. The molecule has 2 amide bonds.